The lowest BCUT2D eigenvalue weighted by Gasteiger charge is -2.33. The molecule has 19 heavy (non-hydrogen) atoms. The molecule has 1 unspecified atom stereocenters. The number of amides is 2. The molecule has 2 rings (SSSR count). The van der Waals surface area contributed by atoms with Crippen LogP contribution in [0.1, 0.15) is 29.6 Å². The van der Waals surface area contributed by atoms with Crippen LogP contribution in [0.5, 0.6) is 0 Å². The zero-order chi connectivity index (χ0) is 14.0. The number of benzene rings is 1. The molecule has 0 spiro atoms. The predicted molar refractivity (Wildman–Crippen MR) is 72.0 cm³/mol. The minimum Gasteiger partial charge on any atom is -0.368 e. The van der Waals surface area contributed by atoms with Crippen LogP contribution < -0.4 is 5.73 Å². The first kappa shape index (κ1) is 14.0. The molecule has 4 nitrogen and oxygen atoms in total. The van der Waals surface area contributed by atoms with Gasteiger partial charge in [0.1, 0.15) is 11.9 Å². The Hall–Kier alpha value is -1.43. The van der Waals surface area contributed by atoms with Gasteiger partial charge in [0.15, 0.2) is 0 Å². The summed E-state index contributed by atoms with van der Waals surface area (Å²) in [6.07, 6.45) is 2.26. The van der Waals surface area contributed by atoms with Crippen LogP contribution in [0.3, 0.4) is 0 Å². The maximum atomic E-state index is 13.5. The van der Waals surface area contributed by atoms with E-state index in [1.54, 1.807) is 0 Å². The van der Waals surface area contributed by atoms with Crippen molar-refractivity contribution in [2.45, 2.75) is 25.3 Å². The topological polar surface area (TPSA) is 63.4 Å². The van der Waals surface area contributed by atoms with E-state index in [0.717, 1.165) is 12.8 Å². The number of nitrogens with zero attached hydrogens (tertiary/aromatic N) is 1. The van der Waals surface area contributed by atoms with E-state index in [1.807, 2.05) is 0 Å². The summed E-state index contributed by atoms with van der Waals surface area (Å²) in [6.45, 7) is 0.476. The summed E-state index contributed by atoms with van der Waals surface area (Å²) in [6, 6.07) is 3.58. The predicted octanol–water partition coefficient (Wildman–Crippen LogP) is 2.07. The standard InChI is InChI=1S/C13H14BrFN2O2/c14-9-5-4-8(7-10(9)15)13(19)17-6-2-1-3-11(17)12(16)18/h4-5,7,11H,1-3,6H2,(H2,16,18). The molecular weight excluding hydrogens is 315 g/mol. The molecule has 1 aromatic rings. The zero-order valence-corrected chi connectivity index (χ0v) is 11.8. The zero-order valence-electron chi connectivity index (χ0n) is 10.2. The molecule has 1 atom stereocenters. The highest BCUT2D eigenvalue weighted by Gasteiger charge is 2.31. The second-order valence-electron chi connectivity index (χ2n) is 4.54. The van der Waals surface area contributed by atoms with E-state index < -0.39 is 17.8 Å². The fourth-order valence-corrected chi connectivity index (χ4v) is 2.51. The Morgan fingerprint density at radius 2 is 2.11 bits per heavy atom. The summed E-state index contributed by atoms with van der Waals surface area (Å²) in [7, 11) is 0. The highest BCUT2D eigenvalue weighted by Crippen LogP contribution is 2.22. The number of carbonyl (C=O) groups excluding carboxylic acids is 2. The minimum atomic E-state index is -0.590. The summed E-state index contributed by atoms with van der Waals surface area (Å²) in [5, 5.41) is 0. The summed E-state index contributed by atoms with van der Waals surface area (Å²) < 4.78 is 13.8. The van der Waals surface area contributed by atoms with Gasteiger partial charge in [0.05, 0.1) is 4.47 Å². The maximum absolute atomic E-state index is 13.5. The number of likely N-dealkylation sites (tertiary alicyclic amines) is 1. The molecule has 1 fully saturated rings. The lowest BCUT2D eigenvalue weighted by atomic mass is 10.0. The molecule has 0 aromatic heterocycles. The number of carbonyl (C=O) groups is 2. The molecule has 1 aliphatic heterocycles. The highest BCUT2D eigenvalue weighted by atomic mass is 79.9. The Morgan fingerprint density at radius 1 is 1.37 bits per heavy atom. The monoisotopic (exact) mass is 328 g/mol. The van der Waals surface area contributed by atoms with Crippen molar-refractivity contribution in [1.82, 2.24) is 4.90 Å². The number of piperidine rings is 1. The molecule has 0 bridgehead atoms. The van der Waals surface area contributed by atoms with Crippen LogP contribution in [0.2, 0.25) is 0 Å². The van der Waals surface area contributed by atoms with Crippen molar-refractivity contribution >= 4 is 27.7 Å². The molecule has 0 radical (unpaired) electrons. The lowest BCUT2D eigenvalue weighted by molar-refractivity contribution is -0.123. The van der Waals surface area contributed by atoms with Crippen molar-refractivity contribution in [3.63, 3.8) is 0 Å². The fourth-order valence-electron chi connectivity index (χ4n) is 2.27. The number of hydrogen-bond acceptors (Lipinski definition) is 2. The summed E-state index contributed by atoms with van der Waals surface area (Å²) >= 11 is 3.04. The van der Waals surface area contributed by atoms with Crippen molar-refractivity contribution in [2.75, 3.05) is 6.54 Å². The van der Waals surface area contributed by atoms with Gasteiger partial charge in [-0.2, -0.15) is 0 Å². The smallest absolute Gasteiger partial charge is 0.254 e. The number of halogens is 2. The second kappa shape index (κ2) is 5.69. The van der Waals surface area contributed by atoms with Gasteiger partial charge in [-0.05, 0) is 53.4 Å². The lowest BCUT2D eigenvalue weighted by Crippen LogP contribution is -2.50. The van der Waals surface area contributed by atoms with Crippen LogP contribution in [0.25, 0.3) is 0 Å². The molecule has 1 heterocycles. The van der Waals surface area contributed by atoms with Crippen molar-refractivity contribution in [2.24, 2.45) is 5.73 Å². The van der Waals surface area contributed by atoms with Gasteiger partial charge in [-0.3, -0.25) is 9.59 Å². The third kappa shape index (κ3) is 2.94. The molecule has 0 aliphatic carbocycles. The van der Waals surface area contributed by atoms with Gasteiger partial charge in [-0.25, -0.2) is 4.39 Å². The van der Waals surface area contributed by atoms with E-state index in [4.69, 9.17) is 5.73 Å². The van der Waals surface area contributed by atoms with E-state index >= 15 is 0 Å². The first-order valence-electron chi connectivity index (χ1n) is 6.06. The Balaban J connectivity index is 2.26. The molecule has 1 aromatic carbocycles. The van der Waals surface area contributed by atoms with Crippen molar-refractivity contribution in [1.29, 1.82) is 0 Å². The van der Waals surface area contributed by atoms with Crippen molar-refractivity contribution < 1.29 is 14.0 Å². The van der Waals surface area contributed by atoms with Gasteiger partial charge in [0.2, 0.25) is 5.91 Å². The third-order valence-electron chi connectivity index (χ3n) is 3.26. The maximum Gasteiger partial charge on any atom is 0.254 e. The number of rotatable bonds is 2. The minimum absolute atomic E-state index is 0.230. The van der Waals surface area contributed by atoms with Gasteiger partial charge in [0, 0.05) is 12.1 Å². The van der Waals surface area contributed by atoms with Gasteiger partial charge >= 0.3 is 0 Å². The molecule has 2 amide bonds. The molecule has 1 saturated heterocycles. The molecule has 0 saturated carbocycles. The number of primary amides is 1. The Bertz CT molecular complexity index is 521. The Kier molecular flexibility index (Phi) is 4.19. The summed E-state index contributed by atoms with van der Waals surface area (Å²) in [5.74, 6) is -1.36. The molecule has 102 valence electrons. The Labute approximate surface area is 118 Å². The van der Waals surface area contributed by atoms with Crippen LogP contribution in [0, 0.1) is 5.82 Å². The summed E-state index contributed by atoms with van der Waals surface area (Å²) in [5.41, 5.74) is 5.54. The van der Waals surface area contributed by atoms with Gasteiger partial charge in [0.25, 0.3) is 5.91 Å². The SMILES string of the molecule is NC(=O)C1CCCCN1C(=O)c1ccc(Br)c(F)c1. The third-order valence-corrected chi connectivity index (χ3v) is 3.90. The van der Waals surface area contributed by atoms with Crippen LogP contribution in [-0.4, -0.2) is 29.3 Å². The number of nitrogens with two attached hydrogens (primary N) is 1. The normalized spacial score (nSPS) is 19.3. The molecule has 2 N–H and O–H groups in total. The van der Waals surface area contributed by atoms with Crippen molar-refractivity contribution in [3.05, 3.63) is 34.1 Å². The van der Waals surface area contributed by atoms with E-state index in [9.17, 15) is 14.0 Å². The first-order chi connectivity index (χ1) is 9.00. The average Bonchev–Trinajstić information content (AvgIpc) is 2.41. The highest BCUT2D eigenvalue weighted by molar-refractivity contribution is 9.10. The van der Waals surface area contributed by atoms with Gasteiger partial charge < -0.3 is 10.6 Å². The van der Waals surface area contributed by atoms with E-state index in [1.165, 1.54) is 23.1 Å². The van der Waals surface area contributed by atoms with E-state index in [0.29, 0.717) is 17.4 Å². The molecular formula is C13H14BrFN2O2. The van der Waals surface area contributed by atoms with Crippen molar-refractivity contribution in [3.8, 4) is 0 Å². The van der Waals surface area contributed by atoms with Crippen LogP contribution in [0.4, 0.5) is 4.39 Å². The summed E-state index contributed by atoms with van der Waals surface area (Å²) in [4.78, 5) is 25.1. The van der Waals surface area contributed by atoms with Gasteiger partial charge in [-0.15, -0.1) is 0 Å². The quantitative estimate of drug-likeness (QED) is 0.903. The fraction of sp³-hybridized carbons (Fsp3) is 0.385. The van der Waals surface area contributed by atoms with Crippen LogP contribution in [-0.2, 0) is 4.79 Å². The van der Waals surface area contributed by atoms with E-state index in [-0.39, 0.29) is 11.5 Å². The van der Waals surface area contributed by atoms with Crippen LogP contribution >= 0.6 is 15.9 Å². The largest absolute Gasteiger partial charge is 0.368 e. The van der Waals surface area contributed by atoms with Crippen LogP contribution in [0.15, 0.2) is 22.7 Å². The molecule has 1 aliphatic rings. The second-order valence-corrected chi connectivity index (χ2v) is 5.40. The molecule has 6 heteroatoms. The van der Waals surface area contributed by atoms with E-state index in [2.05, 4.69) is 15.9 Å². The first-order valence-corrected chi connectivity index (χ1v) is 6.85. The van der Waals surface area contributed by atoms with Gasteiger partial charge in [-0.1, -0.05) is 0 Å². The Morgan fingerprint density at radius 3 is 2.74 bits per heavy atom. The number of hydrogen-bond donors (Lipinski definition) is 1. The average molecular weight is 329 g/mol.